The first-order valence-corrected chi connectivity index (χ1v) is 7.96. The number of halogens is 2. The number of hydrogen-bond acceptors (Lipinski definition) is 5. The number of aromatic nitrogens is 2. The van der Waals surface area contributed by atoms with E-state index in [1.54, 1.807) is 12.1 Å². The molecular formula is C13H9ClFN3S2. The highest BCUT2D eigenvalue weighted by Crippen LogP contribution is 2.30. The Balaban J connectivity index is 1.87. The average molecular weight is 326 g/mol. The Morgan fingerprint density at radius 1 is 1.30 bits per heavy atom. The third-order valence-electron chi connectivity index (χ3n) is 2.74. The van der Waals surface area contributed by atoms with E-state index in [1.807, 2.05) is 11.4 Å². The molecule has 3 rings (SSSR count). The Bertz CT molecular complexity index is 755. The van der Waals surface area contributed by atoms with Crippen molar-refractivity contribution in [3.8, 4) is 0 Å². The molecule has 0 bridgehead atoms. The van der Waals surface area contributed by atoms with Crippen LogP contribution in [0.25, 0.3) is 10.2 Å². The van der Waals surface area contributed by atoms with Gasteiger partial charge >= 0.3 is 0 Å². The van der Waals surface area contributed by atoms with Gasteiger partial charge in [-0.3, -0.25) is 0 Å². The second kappa shape index (κ2) is 5.55. The summed E-state index contributed by atoms with van der Waals surface area (Å²) < 4.78 is 13.7. The minimum absolute atomic E-state index is 0.324. The van der Waals surface area contributed by atoms with E-state index >= 15 is 0 Å². The Morgan fingerprint density at radius 3 is 2.95 bits per heavy atom. The number of thiophene rings is 1. The second-order valence-electron chi connectivity index (χ2n) is 4.02. The zero-order valence-corrected chi connectivity index (χ0v) is 12.5. The third-order valence-corrected chi connectivity index (χ3v) is 4.78. The van der Waals surface area contributed by atoms with Crippen molar-refractivity contribution in [1.82, 2.24) is 9.97 Å². The van der Waals surface area contributed by atoms with Crippen LogP contribution >= 0.6 is 34.7 Å². The van der Waals surface area contributed by atoms with Gasteiger partial charge in [0.1, 0.15) is 16.5 Å². The van der Waals surface area contributed by atoms with Crippen LogP contribution in [0.1, 0.15) is 5.56 Å². The van der Waals surface area contributed by atoms with Gasteiger partial charge in [-0.2, -0.15) is 0 Å². The lowest BCUT2D eigenvalue weighted by atomic mass is 10.2. The quantitative estimate of drug-likeness (QED) is 0.574. The molecule has 0 fully saturated rings. The molecule has 2 aromatic heterocycles. The SMILES string of the molecule is Nc1nc(SCc2c(F)cccc2Cl)nc2sccc12. The van der Waals surface area contributed by atoms with Crippen molar-refractivity contribution >= 4 is 50.7 Å². The maximum absolute atomic E-state index is 13.7. The van der Waals surface area contributed by atoms with Crippen molar-refractivity contribution in [3.05, 3.63) is 46.0 Å². The predicted octanol–water partition coefficient (Wildman–Crippen LogP) is 4.36. The molecule has 0 saturated heterocycles. The maximum atomic E-state index is 13.7. The molecule has 3 nitrogen and oxygen atoms in total. The Kier molecular flexibility index (Phi) is 3.78. The molecule has 7 heteroatoms. The molecule has 3 aromatic rings. The topological polar surface area (TPSA) is 51.8 Å². The molecule has 1 aromatic carbocycles. The molecule has 0 atom stereocenters. The van der Waals surface area contributed by atoms with Crippen LogP contribution in [-0.4, -0.2) is 9.97 Å². The number of hydrogen-bond donors (Lipinski definition) is 1. The average Bonchev–Trinajstić information content (AvgIpc) is 2.87. The fourth-order valence-electron chi connectivity index (χ4n) is 1.73. The second-order valence-corrected chi connectivity index (χ2v) is 6.26. The summed E-state index contributed by atoms with van der Waals surface area (Å²) in [6.07, 6.45) is 0. The summed E-state index contributed by atoms with van der Waals surface area (Å²) in [4.78, 5) is 9.45. The first-order chi connectivity index (χ1) is 9.65. The van der Waals surface area contributed by atoms with E-state index < -0.39 is 0 Å². The van der Waals surface area contributed by atoms with Crippen LogP contribution in [0.15, 0.2) is 34.8 Å². The Labute approximate surface area is 128 Å². The number of nitrogens with zero attached hydrogens (tertiary/aromatic N) is 2. The molecule has 0 radical (unpaired) electrons. The summed E-state index contributed by atoms with van der Waals surface area (Å²) in [7, 11) is 0. The lowest BCUT2D eigenvalue weighted by Gasteiger charge is -2.05. The van der Waals surface area contributed by atoms with Gasteiger partial charge in [-0.15, -0.1) is 11.3 Å². The van der Waals surface area contributed by atoms with Crippen LogP contribution in [0.2, 0.25) is 5.02 Å². The zero-order valence-electron chi connectivity index (χ0n) is 10.1. The lowest BCUT2D eigenvalue weighted by Crippen LogP contribution is -1.96. The summed E-state index contributed by atoms with van der Waals surface area (Å²) in [5.74, 6) is 0.482. The predicted molar refractivity (Wildman–Crippen MR) is 82.8 cm³/mol. The number of nitrogen functional groups attached to an aromatic ring is 1. The minimum Gasteiger partial charge on any atom is -0.383 e. The monoisotopic (exact) mass is 325 g/mol. The number of benzene rings is 1. The molecule has 102 valence electrons. The first-order valence-electron chi connectivity index (χ1n) is 5.71. The van der Waals surface area contributed by atoms with Gasteiger partial charge in [0.05, 0.1) is 5.39 Å². The van der Waals surface area contributed by atoms with Crippen LogP contribution in [0.3, 0.4) is 0 Å². The van der Waals surface area contributed by atoms with Gasteiger partial charge in [-0.25, -0.2) is 14.4 Å². The third kappa shape index (κ3) is 2.59. The summed E-state index contributed by atoms with van der Waals surface area (Å²) in [5.41, 5.74) is 6.32. The maximum Gasteiger partial charge on any atom is 0.191 e. The summed E-state index contributed by atoms with van der Waals surface area (Å²) >= 11 is 8.80. The molecule has 2 N–H and O–H groups in total. The number of fused-ring (bicyclic) bond motifs is 1. The molecule has 0 amide bonds. The standard InChI is InChI=1S/C13H9ClFN3S2/c14-9-2-1-3-10(15)8(9)6-20-13-17-11(16)7-4-5-19-12(7)18-13/h1-5H,6H2,(H2,16,17,18). The molecule has 0 aliphatic rings. The fourth-order valence-corrected chi connectivity index (χ4v) is 3.75. The molecule has 0 spiro atoms. The van der Waals surface area contributed by atoms with Crippen molar-refractivity contribution in [2.24, 2.45) is 0 Å². The van der Waals surface area contributed by atoms with Crippen LogP contribution in [0, 0.1) is 5.82 Å². The van der Waals surface area contributed by atoms with E-state index in [0.29, 0.717) is 27.3 Å². The lowest BCUT2D eigenvalue weighted by molar-refractivity contribution is 0.617. The van der Waals surface area contributed by atoms with Crippen LogP contribution in [0.4, 0.5) is 10.2 Å². The molecule has 0 aliphatic heterocycles. The summed E-state index contributed by atoms with van der Waals surface area (Å²) in [6.45, 7) is 0. The molecule has 0 saturated carbocycles. The van der Waals surface area contributed by atoms with E-state index in [4.69, 9.17) is 17.3 Å². The van der Waals surface area contributed by atoms with E-state index in [-0.39, 0.29) is 5.82 Å². The van der Waals surface area contributed by atoms with Gasteiger partial charge in [0.2, 0.25) is 0 Å². The molecule has 20 heavy (non-hydrogen) atoms. The minimum atomic E-state index is -0.324. The van der Waals surface area contributed by atoms with E-state index in [2.05, 4.69) is 9.97 Å². The van der Waals surface area contributed by atoms with Gasteiger partial charge in [0.15, 0.2) is 5.16 Å². The fraction of sp³-hybridized carbons (Fsp3) is 0.0769. The highest BCUT2D eigenvalue weighted by Gasteiger charge is 2.11. The van der Waals surface area contributed by atoms with E-state index in [0.717, 1.165) is 10.2 Å². The van der Waals surface area contributed by atoms with Crippen molar-refractivity contribution in [2.75, 3.05) is 5.73 Å². The zero-order chi connectivity index (χ0) is 14.1. The van der Waals surface area contributed by atoms with Gasteiger partial charge in [0, 0.05) is 16.3 Å². The van der Waals surface area contributed by atoms with Crippen LogP contribution in [-0.2, 0) is 5.75 Å². The highest BCUT2D eigenvalue weighted by molar-refractivity contribution is 7.98. The van der Waals surface area contributed by atoms with Crippen molar-refractivity contribution in [1.29, 1.82) is 0 Å². The summed E-state index contributed by atoms with van der Waals surface area (Å²) in [5, 5.41) is 3.69. The number of rotatable bonds is 3. The first kappa shape index (κ1) is 13.6. The van der Waals surface area contributed by atoms with E-state index in [9.17, 15) is 4.39 Å². The number of anilines is 1. The van der Waals surface area contributed by atoms with Crippen LogP contribution < -0.4 is 5.73 Å². The molecule has 2 heterocycles. The van der Waals surface area contributed by atoms with Gasteiger partial charge in [0.25, 0.3) is 0 Å². The van der Waals surface area contributed by atoms with Crippen molar-refractivity contribution in [3.63, 3.8) is 0 Å². The largest absolute Gasteiger partial charge is 0.383 e. The Hall–Kier alpha value is -1.37. The van der Waals surface area contributed by atoms with Crippen molar-refractivity contribution < 1.29 is 4.39 Å². The smallest absolute Gasteiger partial charge is 0.191 e. The number of thioether (sulfide) groups is 1. The van der Waals surface area contributed by atoms with Gasteiger partial charge < -0.3 is 5.73 Å². The van der Waals surface area contributed by atoms with Gasteiger partial charge in [-0.05, 0) is 23.6 Å². The number of nitrogens with two attached hydrogens (primary N) is 1. The normalized spacial score (nSPS) is 11.1. The molecule has 0 aliphatic carbocycles. The summed E-state index contributed by atoms with van der Waals surface area (Å²) in [6, 6.07) is 6.52. The molecular weight excluding hydrogens is 317 g/mol. The molecule has 0 unspecified atom stereocenters. The van der Waals surface area contributed by atoms with Crippen LogP contribution in [0.5, 0.6) is 0 Å². The highest BCUT2D eigenvalue weighted by atomic mass is 35.5. The van der Waals surface area contributed by atoms with Gasteiger partial charge in [-0.1, -0.05) is 29.4 Å². The van der Waals surface area contributed by atoms with Crippen molar-refractivity contribution in [2.45, 2.75) is 10.9 Å². The van der Waals surface area contributed by atoms with E-state index in [1.165, 1.54) is 29.2 Å². The Morgan fingerprint density at radius 2 is 2.15 bits per heavy atom.